The summed E-state index contributed by atoms with van der Waals surface area (Å²) in [6, 6.07) is 3.48. The third kappa shape index (κ3) is 3.37. The van der Waals surface area contributed by atoms with Crippen molar-refractivity contribution in [2.24, 2.45) is 0 Å². The van der Waals surface area contributed by atoms with Gasteiger partial charge in [-0.25, -0.2) is 0 Å². The molecule has 1 aliphatic rings. The van der Waals surface area contributed by atoms with E-state index in [2.05, 4.69) is 0 Å². The molecule has 1 aliphatic heterocycles. The third-order valence-electron chi connectivity index (χ3n) is 3.31. The Kier molecular flexibility index (Phi) is 4.25. The first-order chi connectivity index (χ1) is 9.85. The van der Waals surface area contributed by atoms with Gasteiger partial charge in [0.25, 0.3) is 5.91 Å². The highest BCUT2D eigenvalue weighted by Crippen LogP contribution is 2.31. The van der Waals surface area contributed by atoms with Gasteiger partial charge in [0, 0.05) is 6.54 Å². The molecule has 0 unspecified atom stereocenters. The van der Waals surface area contributed by atoms with Crippen molar-refractivity contribution >= 4 is 12.0 Å². The number of rotatable bonds is 3. The number of carbonyl (C=O) groups is 1. The van der Waals surface area contributed by atoms with E-state index < -0.39 is 18.6 Å². The maximum Gasteiger partial charge on any atom is 0.406 e. The van der Waals surface area contributed by atoms with Gasteiger partial charge >= 0.3 is 6.18 Å². The summed E-state index contributed by atoms with van der Waals surface area (Å²) in [6.07, 6.45) is -0.304. The number of nitrogens with zero attached hydrogens (tertiary/aromatic N) is 1. The number of hydrogen-bond donors (Lipinski definition) is 0. The fraction of sp³-hybridized carbons (Fsp3) is 0.400. The highest BCUT2D eigenvalue weighted by Gasteiger charge is 2.36. The van der Waals surface area contributed by atoms with Gasteiger partial charge in [-0.3, -0.25) is 4.79 Å². The minimum atomic E-state index is -4.40. The van der Waals surface area contributed by atoms with Crippen molar-refractivity contribution in [1.82, 2.24) is 4.90 Å². The molecule has 0 aromatic heterocycles. The molecule has 6 heteroatoms. The lowest BCUT2D eigenvalue weighted by Crippen LogP contribution is -2.43. The predicted octanol–water partition coefficient (Wildman–Crippen LogP) is 3.29. The minimum absolute atomic E-state index is 0.0633. The van der Waals surface area contributed by atoms with E-state index in [0.29, 0.717) is 12.2 Å². The molecule has 0 atom stereocenters. The second-order valence-electron chi connectivity index (χ2n) is 4.85. The van der Waals surface area contributed by atoms with Crippen molar-refractivity contribution < 1.29 is 22.7 Å². The van der Waals surface area contributed by atoms with E-state index >= 15 is 0 Å². The Bertz CT molecular complexity index is 562. The molecule has 1 heterocycles. The number of fused-ring (bicyclic) bond motifs is 1. The normalized spacial score (nSPS) is 15.5. The van der Waals surface area contributed by atoms with E-state index in [-0.39, 0.29) is 12.1 Å². The number of alkyl halides is 3. The molecular weight excluding hydrogens is 283 g/mol. The summed E-state index contributed by atoms with van der Waals surface area (Å²) in [4.78, 5) is 13.1. The van der Waals surface area contributed by atoms with Crippen LogP contribution >= 0.6 is 0 Å². The van der Waals surface area contributed by atoms with E-state index in [1.807, 2.05) is 25.1 Å². The Morgan fingerprint density at radius 3 is 2.67 bits per heavy atom. The maximum absolute atomic E-state index is 12.5. The van der Waals surface area contributed by atoms with Crippen LogP contribution in [0.3, 0.4) is 0 Å². The van der Waals surface area contributed by atoms with Crippen LogP contribution in [-0.4, -0.2) is 37.2 Å². The molecule has 0 saturated carbocycles. The number of hydrogen-bond acceptors (Lipinski definition) is 2. The van der Waals surface area contributed by atoms with E-state index in [4.69, 9.17) is 4.74 Å². The van der Waals surface area contributed by atoms with E-state index in [9.17, 15) is 18.0 Å². The smallest absolute Gasteiger partial charge is 0.406 e. The third-order valence-corrected chi connectivity index (χ3v) is 3.31. The first kappa shape index (κ1) is 15.4. The summed E-state index contributed by atoms with van der Waals surface area (Å²) < 4.78 is 42.7. The zero-order valence-corrected chi connectivity index (χ0v) is 11.8. The number of benzene rings is 1. The second kappa shape index (κ2) is 5.79. The second-order valence-corrected chi connectivity index (χ2v) is 4.85. The zero-order valence-electron chi connectivity index (χ0n) is 11.8. The van der Waals surface area contributed by atoms with Gasteiger partial charge in [0.1, 0.15) is 12.3 Å². The van der Waals surface area contributed by atoms with Crippen molar-refractivity contribution in [1.29, 1.82) is 0 Å². The van der Waals surface area contributed by atoms with Gasteiger partial charge < -0.3 is 9.64 Å². The van der Waals surface area contributed by atoms with Crippen LogP contribution in [0.15, 0.2) is 18.2 Å². The summed E-state index contributed by atoms with van der Waals surface area (Å²) in [5.41, 5.74) is 1.83. The Labute approximate surface area is 121 Å². The molecule has 3 nitrogen and oxygen atoms in total. The average Bonchev–Trinajstić information content (AvgIpc) is 2.40. The van der Waals surface area contributed by atoms with Crippen molar-refractivity contribution in [3.63, 3.8) is 0 Å². The quantitative estimate of drug-likeness (QED) is 0.857. The average molecular weight is 299 g/mol. The van der Waals surface area contributed by atoms with Crippen LogP contribution in [0, 0.1) is 0 Å². The van der Waals surface area contributed by atoms with E-state index in [1.165, 1.54) is 7.11 Å². The predicted molar refractivity (Wildman–Crippen MR) is 73.4 cm³/mol. The van der Waals surface area contributed by atoms with Crippen molar-refractivity contribution in [2.75, 3.05) is 20.2 Å². The molecule has 1 aromatic carbocycles. The topological polar surface area (TPSA) is 29.5 Å². The van der Waals surface area contributed by atoms with Crippen LogP contribution in [0.4, 0.5) is 13.2 Å². The summed E-state index contributed by atoms with van der Waals surface area (Å²) in [5, 5.41) is 0. The molecule has 2 rings (SSSR count). The molecule has 114 valence electrons. The van der Waals surface area contributed by atoms with Crippen molar-refractivity contribution in [3.8, 4) is 5.75 Å². The van der Waals surface area contributed by atoms with Gasteiger partial charge in [0.05, 0.1) is 12.7 Å². The lowest BCUT2D eigenvalue weighted by Gasteiger charge is -2.30. The molecule has 0 aliphatic carbocycles. The number of ether oxygens (including phenoxy) is 1. The lowest BCUT2D eigenvalue weighted by atomic mass is 9.95. The molecule has 0 radical (unpaired) electrons. The number of halogens is 3. The van der Waals surface area contributed by atoms with E-state index in [0.717, 1.165) is 16.0 Å². The van der Waals surface area contributed by atoms with E-state index in [1.54, 1.807) is 6.07 Å². The Balaban J connectivity index is 2.40. The molecule has 21 heavy (non-hydrogen) atoms. The summed E-state index contributed by atoms with van der Waals surface area (Å²) in [5.74, 6) is -0.310. The Morgan fingerprint density at radius 2 is 2.10 bits per heavy atom. The van der Waals surface area contributed by atoms with Gasteiger partial charge in [-0.05, 0) is 30.5 Å². The zero-order chi connectivity index (χ0) is 15.6. The number of methoxy groups -OCH3 is 1. The van der Waals surface area contributed by atoms with Gasteiger partial charge in [0.15, 0.2) is 0 Å². The fourth-order valence-electron chi connectivity index (χ4n) is 2.47. The van der Waals surface area contributed by atoms with Crippen molar-refractivity contribution in [3.05, 3.63) is 34.9 Å². The van der Waals surface area contributed by atoms with Crippen LogP contribution in [0.5, 0.6) is 5.75 Å². The molecule has 1 aromatic rings. The fourth-order valence-corrected chi connectivity index (χ4v) is 2.47. The van der Waals surface area contributed by atoms with Gasteiger partial charge in [0.2, 0.25) is 0 Å². The van der Waals surface area contributed by atoms with Gasteiger partial charge in [-0.15, -0.1) is 0 Å². The van der Waals surface area contributed by atoms with Gasteiger partial charge in [-0.2, -0.15) is 13.2 Å². The molecule has 0 saturated heterocycles. The number of carbonyl (C=O) groups excluding carboxylic acids is 1. The SMILES string of the molecule is C/C=C/c1cc2c(c(OC)c1)C(=O)N(CC(F)(F)F)CC2. The minimum Gasteiger partial charge on any atom is -0.496 e. The lowest BCUT2D eigenvalue weighted by molar-refractivity contribution is -0.141. The van der Waals surface area contributed by atoms with Crippen molar-refractivity contribution in [2.45, 2.75) is 19.5 Å². The number of allylic oxidation sites excluding steroid dienone is 1. The number of amides is 1. The highest BCUT2D eigenvalue weighted by molar-refractivity contribution is 6.00. The molecular formula is C15H16F3NO2. The Morgan fingerprint density at radius 1 is 1.38 bits per heavy atom. The van der Waals surface area contributed by atoms with Gasteiger partial charge in [-0.1, -0.05) is 18.2 Å². The van der Waals surface area contributed by atoms with Crippen LogP contribution < -0.4 is 4.74 Å². The molecule has 0 N–H and O–H groups in total. The van der Waals surface area contributed by atoms with Crippen LogP contribution in [0.2, 0.25) is 0 Å². The first-order valence-corrected chi connectivity index (χ1v) is 6.55. The molecule has 0 fully saturated rings. The standard InChI is InChI=1S/C15H16F3NO2/c1-3-4-10-7-11-5-6-19(9-15(16,17)18)14(20)13(11)12(8-10)21-2/h3-4,7-8H,5-6,9H2,1-2H3/b4-3+. The largest absolute Gasteiger partial charge is 0.496 e. The van der Waals surface area contributed by atoms with Crippen LogP contribution in [0.1, 0.15) is 28.4 Å². The molecule has 0 spiro atoms. The molecule has 0 bridgehead atoms. The summed E-state index contributed by atoms with van der Waals surface area (Å²) >= 11 is 0. The Hall–Kier alpha value is -1.98. The summed E-state index contributed by atoms with van der Waals surface area (Å²) in [7, 11) is 1.41. The van der Waals surface area contributed by atoms with Crippen LogP contribution in [-0.2, 0) is 6.42 Å². The molecule has 1 amide bonds. The summed E-state index contributed by atoms with van der Waals surface area (Å²) in [6.45, 7) is 0.695. The highest BCUT2D eigenvalue weighted by atomic mass is 19.4. The first-order valence-electron chi connectivity index (χ1n) is 6.55. The maximum atomic E-state index is 12.5. The monoisotopic (exact) mass is 299 g/mol. The van der Waals surface area contributed by atoms with Crippen LogP contribution in [0.25, 0.3) is 6.08 Å².